The van der Waals surface area contributed by atoms with Crippen LogP contribution in [0.25, 0.3) is 0 Å². The van der Waals surface area contributed by atoms with Gasteiger partial charge in [-0.05, 0) is 30.4 Å². The molecule has 0 atom stereocenters. The summed E-state index contributed by atoms with van der Waals surface area (Å²) in [7, 11) is 0. The van der Waals surface area contributed by atoms with Crippen LogP contribution in [-0.4, -0.2) is 0 Å². The van der Waals surface area contributed by atoms with Gasteiger partial charge in [-0.2, -0.15) is 0 Å². The highest BCUT2D eigenvalue weighted by Crippen LogP contribution is 2.42. The lowest BCUT2D eigenvalue weighted by Crippen LogP contribution is -1.90. The van der Waals surface area contributed by atoms with E-state index in [0.29, 0.717) is 0 Å². The highest BCUT2D eigenvalue weighted by Gasteiger charge is 2.24. The Hall–Kier alpha value is -0.690. The van der Waals surface area contributed by atoms with Gasteiger partial charge < -0.3 is 5.73 Å². The predicted molar refractivity (Wildman–Crippen MR) is 50.1 cm³/mol. The summed E-state index contributed by atoms with van der Waals surface area (Å²) in [6, 6.07) is 8.16. The average molecular weight is 170 g/mol. The van der Waals surface area contributed by atoms with Crippen LogP contribution in [0.3, 0.4) is 0 Å². The van der Waals surface area contributed by atoms with E-state index >= 15 is 0 Å². The molecule has 1 aromatic rings. The number of nitrogens with two attached hydrogens (primary N) is 1. The van der Waals surface area contributed by atoms with Crippen molar-refractivity contribution < 1.29 is 0 Å². The number of benzene rings is 1. The number of halogens is 1. The van der Waals surface area contributed by atoms with Gasteiger partial charge in [-0.15, -0.1) is 12.4 Å². The molecule has 1 aliphatic carbocycles. The lowest BCUT2D eigenvalue weighted by atomic mass is 10.1. The zero-order chi connectivity index (χ0) is 6.97. The summed E-state index contributed by atoms with van der Waals surface area (Å²) < 4.78 is 0. The fourth-order valence-corrected chi connectivity index (χ4v) is 1.28. The molecule has 60 valence electrons. The second kappa shape index (κ2) is 3.14. The Balaban J connectivity index is 0.000000605. The summed E-state index contributed by atoms with van der Waals surface area (Å²) >= 11 is 0. The van der Waals surface area contributed by atoms with Crippen LogP contribution in [0.2, 0.25) is 0 Å². The molecule has 0 heterocycles. The molecule has 0 aromatic heterocycles. The number of hydrogen-bond acceptors (Lipinski definition) is 1. The SMILES string of the molecule is Cl.Nc1ccccc1C1CC1. The van der Waals surface area contributed by atoms with Gasteiger partial charge in [0.15, 0.2) is 0 Å². The molecular formula is C9H12ClN. The molecule has 0 bridgehead atoms. The van der Waals surface area contributed by atoms with E-state index in [1.165, 1.54) is 18.4 Å². The predicted octanol–water partition coefficient (Wildman–Crippen LogP) is 2.57. The summed E-state index contributed by atoms with van der Waals surface area (Å²) in [6.45, 7) is 0. The first-order valence-corrected chi connectivity index (χ1v) is 3.72. The highest BCUT2D eigenvalue weighted by molar-refractivity contribution is 5.85. The van der Waals surface area contributed by atoms with Crippen molar-refractivity contribution in [2.24, 2.45) is 0 Å². The van der Waals surface area contributed by atoms with Gasteiger partial charge in [0.25, 0.3) is 0 Å². The van der Waals surface area contributed by atoms with E-state index < -0.39 is 0 Å². The van der Waals surface area contributed by atoms with Crippen LogP contribution in [0, 0.1) is 0 Å². The van der Waals surface area contributed by atoms with Crippen LogP contribution in [0.4, 0.5) is 5.69 Å². The van der Waals surface area contributed by atoms with Gasteiger partial charge in [0.2, 0.25) is 0 Å². The molecule has 11 heavy (non-hydrogen) atoms. The van der Waals surface area contributed by atoms with Crippen molar-refractivity contribution in [3.63, 3.8) is 0 Å². The normalized spacial score (nSPS) is 15.6. The second-order valence-electron chi connectivity index (χ2n) is 2.90. The van der Waals surface area contributed by atoms with Crippen LogP contribution >= 0.6 is 12.4 Å². The Morgan fingerprint density at radius 3 is 2.36 bits per heavy atom. The zero-order valence-corrected chi connectivity index (χ0v) is 7.10. The molecule has 1 aliphatic rings. The van der Waals surface area contributed by atoms with Crippen LogP contribution in [0.15, 0.2) is 24.3 Å². The van der Waals surface area contributed by atoms with Crippen LogP contribution in [-0.2, 0) is 0 Å². The lowest BCUT2D eigenvalue weighted by Gasteiger charge is -2.00. The Morgan fingerprint density at radius 2 is 1.82 bits per heavy atom. The molecule has 0 saturated heterocycles. The standard InChI is InChI=1S/C9H11N.ClH/c10-9-4-2-1-3-8(9)7-5-6-7;/h1-4,7H,5-6,10H2;1H. The van der Waals surface area contributed by atoms with E-state index in [2.05, 4.69) is 12.1 Å². The first-order chi connectivity index (χ1) is 4.88. The van der Waals surface area contributed by atoms with Crippen LogP contribution in [0.5, 0.6) is 0 Å². The zero-order valence-electron chi connectivity index (χ0n) is 6.29. The van der Waals surface area contributed by atoms with Gasteiger partial charge in [-0.1, -0.05) is 18.2 Å². The Bertz CT molecular complexity index is 243. The fraction of sp³-hybridized carbons (Fsp3) is 0.333. The molecule has 0 unspecified atom stereocenters. The molecule has 2 rings (SSSR count). The van der Waals surface area contributed by atoms with Crippen molar-refractivity contribution in [1.29, 1.82) is 0 Å². The van der Waals surface area contributed by atoms with Gasteiger partial charge in [-0.3, -0.25) is 0 Å². The lowest BCUT2D eigenvalue weighted by molar-refractivity contribution is 1.14. The largest absolute Gasteiger partial charge is 0.398 e. The maximum atomic E-state index is 5.76. The number of para-hydroxylation sites is 1. The topological polar surface area (TPSA) is 26.0 Å². The quantitative estimate of drug-likeness (QED) is 0.643. The molecule has 0 amide bonds. The smallest absolute Gasteiger partial charge is 0.0349 e. The van der Waals surface area contributed by atoms with Crippen molar-refractivity contribution in [2.45, 2.75) is 18.8 Å². The molecule has 1 nitrogen and oxygen atoms in total. The summed E-state index contributed by atoms with van der Waals surface area (Å²) in [6.07, 6.45) is 2.66. The minimum absolute atomic E-state index is 0. The average Bonchev–Trinajstić information content (AvgIpc) is 2.71. The van der Waals surface area contributed by atoms with E-state index in [4.69, 9.17) is 5.73 Å². The molecular weight excluding hydrogens is 158 g/mol. The van der Waals surface area contributed by atoms with E-state index in [1.807, 2.05) is 12.1 Å². The molecule has 0 spiro atoms. The van der Waals surface area contributed by atoms with E-state index in [1.54, 1.807) is 0 Å². The molecule has 2 heteroatoms. The minimum atomic E-state index is 0. The molecule has 1 fully saturated rings. The first kappa shape index (κ1) is 8.41. The van der Waals surface area contributed by atoms with E-state index in [9.17, 15) is 0 Å². The van der Waals surface area contributed by atoms with E-state index in [0.717, 1.165) is 11.6 Å². The van der Waals surface area contributed by atoms with Crippen molar-refractivity contribution in [1.82, 2.24) is 0 Å². The number of nitrogen functional groups attached to an aromatic ring is 1. The maximum Gasteiger partial charge on any atom is 0.0349 e. The molecule has 1 aromatic carbocycles. The summed E-state index contributed by atoms with van der Waals surface area (Å²) in [5, 5.41) is 0. The van der Waals surface area contributed by atoms with Gasteiger partial charge in [0.1, 0.15) is 0 Å². The van der Waals surface area contributed by atoms with Gasteiger partial charge in [0, 0.05) is 5.69 Å². The monoisotopic (exact) mass is 169 g/mol. The Kier molecular flexibility index (Phi) is 2.40. The summed E-state index contributed by atoms with van der Waals surface area (Å²) in [5.41, 5.74) is 8.07. The van der Waals surface area contributed by atoms with Crippen molar-refractivity contribution in [3.05, 3.63) is 29.8 Å². The van der Waals surface area contributed by atoms with Crippen molar-refractivity contribution in [3.8, 4) is 0 Å². The Morgan fingerprint density at radius 1 is 1.18 bits per heavy atom. The molecule has 0 radical (unpaired) electrons. The minimum Gasteiger partial charge on any atom is -0.398 e. The van der Waals surface area contributed by atoms with Gasteiger partial charge in [0.05, 0.1) is 0 Å². The van der Waals surface area contributed by atoms with Gasteiger partial charge >= 0.3 is 0 Å². The van der Waals surface area contributed by atoms with E-state index in [-0.39, 0.29) is 12.4 Å². The molecule has 1 saturated carbocycles. The third-order valence-electron chi connectivity index (χ3n) is 2.01. The molecule has 0 aliphatic heterocycles. The summed E-state index contributed by atoms with van der Waals surface area (Å²) in [5.74, 6) is 0.779. The first-order valence-electron chi connectivity index (χ1n) is 3.72. The fourth-order valence-electron chi connectivity index (χ4n) is 1.28. The third-order valence-corrected chi connectivity index (χ3v) is 2.01. The van der Waals surface area contributed by atoms with Crippen LogP contribution in [0.1, 0.15) is 24.3 Å². The van der Waals surface area contributed by atoms with Crippen molar-refractivity contribution >= 4 is 18.1 Å². The highest BCUT2D eigenvalue weighted by atomic mass is 35.5. The van der Waals surface area contributed by atoms with Crippen LogP contribution < -0.4 is 5.73 Å². The van der Waals surface area contributed by atoms with Gasteiger partial charge in [-0.25, -0.2) is 0 Å². The number of anilines is 1. The number of rotatable bonds is 1. The second-order valence-corrected chi connectivity index (χ2v) is 2.90. The molecule has 2 N–H and O–H groups in total. The summed E-state index contributed by atoms with van der Waals surface area (Å²) in [4.78, 5) is 0. The third kappa shape index (κ3) is 1.66. The number of hydrogen-bond donors (Lipinski definition) is 1. The van der Waals surface area contributed by atoms with Crippen molar-refractivity contribution in [2.75, 3.05) is 5.73 Å². The Labute approximate surface area is 73.0 Å². The maximum absolute atomic E-state index is 5.76.